The number of rotatable bonds is 7. The van der Waals surface area contributed by atoms with Gasteiger partial charge >= 0.3 is 0 Å². The summed E-state index contributed by atoms with van der Waals surface area (Å²) in [6.07, 6.45) is 0.326. The number of halogens is 1. The molecule has 1 amide bonds. The average molecular weight is 317 g/mol. The second-order valence-corrected chi connectivity index (χ2v) is 5.28. The number of methoxy groups -OCH3 is 1. The molecule has 0 heterocycles. The van der Waals surface area contributed by atoms with E-state index in [9.17, 15) is 20.0 Å². The molecule has 0 fully saturated rings. The largest absolute Gasteiger partial charge is 0.388 e. The van der Waals surface area contributed by atoms with E-state index in [1.54, 1.807) is 6.92 Å². The second kappa shape index (κ2) is 7.35. The lowest BCUT2D eigenvalue weighted by atomic mass is 10.0. The lowest BCUT2D eigenvalue weighted by Gasteiger charge is -2.23. The van der Waals surface area contributed by atoms with Crippen LogP contribution in [0.2, 0.25) is 5.02 Å². The summed E-state index contributed by atoms with van der Waals surface area (Å²) in [5.41, 5.74) is -1.64. The summed E-state index contributed by atoms with van der Waals surface area (Å²) < 4.78 is 4.86. The highest BCUT2D eigenvalue weighted by molar-refractivity contribution is 6.31. The lowest BCUT2D eigenvalue weighted by molar-refractivity contribution is -0.385. The van der Waals surface area contributed by atoms with E-state index in [0.717, 1.165) is 6.07 Å². The normalized spacial score (nSPS) is 13.5. The minimum atomic E-state index is -1.16. The number of ether oxygens (including phenoxy) is 1. The summed E-state index contributed by atoms with van der Waals surface area (Å²) >= 11 is 5.68. The van der Waals surface area contributed by atoms with Crippen molar-refractivity contribution in [3.8, 4) is 0 Å². The molecule has 1 rings (SSSR count). The Morgan fingerprint density at radius 2 is 2.24 bits per heavy atom. The molecule has 1 atom stereocenters. The van der Waals surface area contributed by atoms with Crippen molar-refractivity contribution in [2.24, 2.45) is 0 Å². The average Bonchev–Trinajstić information content (AvgIpc) is 2.42. The molecule has 116 valence electrons. The van der Waals surface area contributed by atoms with Crippen LogP contribution in [0.1, 0.15) is 23.7 Å². The molecule has 1 unspecified atom stereocenters. The Hall–Kier alpha value is -1.70. The first-order chi connectivity index (χ1) is 9.76. The van der Waals surface area contributed by atoms with Crippen molar-refractivity contribution in [1.82, 2.24) is 5.32 Å². The van der Waals surface area contributed by atoms with E-state index in [1.165, 1.54) is 19.2 Å². The Morgan fingerprint density at radius 1 is 1.57 bits per heavy atom. The fourth-order valence-corrected chi connectivity index (χ4v) is 1.79. The van der Waals surface area contributed by atoms with E-state index in [4.69, 9.17) is 16.3 Å². The number of amides is 1. The van der Waals surface area contributed by atoms with Crippen molar-refractivity contribution in [3.63, 3.8) is 0 Å². The highest BCUT2D eigenvalue weighted by Gasteiger charge is 2.24. The van der Waals surface area contributed by atoms with Crippen molar-refractivity contribution < 1.29 is 19.6 Å². The number of nitro groups is 1. The van der Waals surface area contributed by atoms with Crippen molar-refractivity contribution in [2.45, 2.75) is 18.9 Å². The summed E-state index contributed by atoms with van der Waals surface area (Å²) in [5.74, 6) is -0.643. The summed E-state index contributed by atoms with van der Waals surface area (Å²) in [7, 11) is 1.51. The molecule has 7 nitrogen and oxygen atoms in total. The van der Waals surface area contributed by atoms with Gasteiger partial charge in [-0.1, -0.05) is 11.6 Å². The van der Waals surface area contributed by atoms with Gasteiger partial charge in [0.05, 0.1) is 10.5 Å². The van der Waals surface area contributed by atoms with Gasteiger partial charge in [-0.2, -0.15) is 0 Å². The van der Waals surface area contributed by atoms with Crippen LogP contribution in [0.25, 0.3) is 0 Å². The topological polar surface area (TPSA) is 102 Å². The standard InChI is InChI=1S/C13H17ClN2O5/c1-13(18,5-6-21-2)8-15-12(17)10-4-3-9(14)7-11(10)16(19)20/h3-4,7,18H,5-6,8H2,1-2H3,(H,15,17). The third-order valence-electron chi connectivity index (χ3n) is 2.88. The molecular weight excluding hydrogens is 300 g/mol. The van der Waals surface area contributed by atoms with Crippen LogP contribution in [-0.4, -0.2) is 41.8 Å². The van der Waals surface area contributed by atoms with Crippen molar-refractivity contribution >= 4 is 23.2 Å². The predicted octanol–water partition coefficient (Wildman–Crippen LogP) is 1.77. The van der Waals surface area contributed by atoms with Crippen LogP contribution in [0.5, 0.6) is 0 Å². The van der Waals surface area contributed by atoms with Crippen LogP contribution < -0.4 is 5.32 Å². The van der Waals surface area contributed by atoms with Gasteiger partial charge in [0, 0.05) is 37.8 Å². The zero-order valence-electron chi connectivity index (χ0n) is 11.8. The number of nitrogens with one attached hydrogen (secondary N) is 1. The zero-order valence-corrected chi connectivity index (χ0v) is 12.5. The maximum absolute atomic E-state index is 12.0. The Balaban J connectivity index is 2.79. The summed E-state index contributed by atoms with van der Waals surface area (Å²) in [6, 6.07) is 3.78. The van der Waals surface area contributed by atoms with Crippen LogP contribution in [0.15, 0.2) is 18.2 Å². The molecule has 0 aliphatic rings. The molecule has 21 heavy (non-hydrogen) atoms. The summed E-state index contributed by atoms with van der Waals surface area (Å²) in [5, 5.41) is 23.6. The number of nitrogens with zero attached hydrogens (tertiary/aromatic N) is 1. The van der Waals surface area contributed by atoms with E-state index in [1.807, 2.05) is 0 Å². The first-order valence-corrected chi connectivity index (χ1v) is 6.58. The minimum Gasteiger partial charge on any atom is -0.388 e. The van der Waals surface area contributed by atoms with E-state index in [0.29, 0.717) is 13.0 Å². The Kier molecular flexibility index (Phi) is 6.07. The third-order valence-corrected chi connectivity index (χ3v) is 3.11. The Morgan fingerprint density at radius 3 is 2.81 bits per heavy atom. The van der Waals surface area contributed by atoms with Gasteiger partial charge in [0.25, 0.3) is 11.6 Å². The Bertz CT molecular complexity index is 533. The molecule has 0 aliphatic heterocycles. The molecule has 0 aromatic heterocycles. The number of hydrogen-bond donors (Lipinski definition) is 2. The molecule has 2 N–H and O–H groups in total. The first kappa shape index (κ1) is 17.4. The van der Waals surface area contributed by atoms with Crippen molar-refractivity contribution in [2.75, 3.05) is 20.3 Å². The van der Waals surface area contributed by atoms with Gasteiger partial charge in [-0.25, -0.2) is 0 Å². The molecule has 0 saturated carbocycles. The molecule has 0 spiro atoms. The maximum Gasteiger partial charge on any atom is 0.283 e. The monoisotopic (exact) mass is 316 g/mol. The van der Waals surface area contributed by atoms with Crippen molar-refractivity contribution in [3.05, 3.63) is 38.9 Å². The molecule has 0 radical (unpaired) electrons. The zero-order chi connectivity index (χ0) is 16.0. The Labute approximate surface area is 127 Å². The number of nitro benzene ring substituents is 1. The number of aliphatic hydroxyl groups is 1. The van der Waals surface area contributed by atoms with Crippen LogP contribution >= 0.6 is 11.6 Å². The molecule has 1 aromatic rings. The third kappa shape index (κ3) is 5.30. The van der Waals surface area contributed by atoms with Crippen LogP contribution in [-0.2, 0) is 4.74 Å². The van der Waals surface area contributed by atoms with Crippen LogP contribution in [0, 0.1) is 10.1 Å². The van der Waals surface area contributed by atoms with E-state index in [2.05, 4.69) is 5.32 Å². The van der Waals surface area contributed by atoms with Crippen LogP contribution in [0.4, 0.5) is 5.69 Å². The quantitative estimate of drug-likeness (QED) is 0.589. The van der Waals surface area contributed by atoms with Crippen molar-refractivity contribution in [1.29, 1.82) is 0 Å². The summed E-state index contributed by atoms with van der Waals surface area (Å²) in [6.45, 7) is 1.83. The number of benzene rings is 1. The SMILES string of the molecule is COCCC(C)(O)CNC(=O)c1ccc(Cl)cc1[N+](=O)[O-]. The molecule has 0 saturated heterocycles. The molecule has 8 heteroatoms. The molecule has 1 aromatic carbocycles. The van der Waals surface area contributed by atoms with Gasteiger partial charge in [-0.15, -0.1) is 0 Å². The summed E-state index contributed by atoms with van der Waals surface area (Å²) in [4.78, 5) is 22.2. The fraction of sp³-hybridized carbons (Fsp3) is 0.462. The van der Waals surface area contributed by atoms with Crippen LogP contribution in [0.3, 0.4) is 0 Å². The highest BCUT2D eigenvalue weighted by atomic mass is 35.5. The smallest absolute Gasteiger partial charge is 0.283 e. The number of carbonyl (C=O) groups is 1. The first-order valence-electron chi connectivity index (χ1n) is 6.20. The lowest BCUT2D eigenvalue weighted by Crippen LogP contribution is -2.41. The molecule has 0 bridgehead atoms. The maximum atomic E-state index is 12.0. The van der Waals surface area contributed by atoms with E-state index >= 15 is 0 Å². The van der Waals surface area contributed by atoms with E-state index in [-0.39, 0.29) is 22.8 Å². The number of hydrogen-bond acceptors (Lipinski definition) is 5. The fourth-order valence-electron chi connectivity index (χ4n) is 1.62. The molecular formula is C13H17ClN2O5. The predicted molar refractivity (Wildman–Crippen MR) is 77.6 cm³/mol. The molecule has 0 aliphatic carbocycles. The second-order valence-electron chi connectivity index (χ2n) is 4.84. The van der Waals surface area contributed by atoms with Gasteiger partial charge in [0.2, 0.25) is 0 Å². The van der Waals surface area contributed by atoms with Gasteiger partial charge in [0.1, 0.15) is 5.56 Å². The number of carbonyl (C=O) groups excluding carboxylic acids is 1. The van der Waals surface area contributed by atoms with Gasteiger partial charge < -0.3 is 15.2 Å². The minimum absolute atomic E-state index is 0.0467. The van der Waals surface area contributed by atoms with Gasteiger partial charge in [-0.3, -0.25) is 14.9 Å². The van der Waals surface area contributed by atoms with Gasteiger partial charge in [-0.05, 0) is 19.1 Å². The van der Waals surface area contributed by atoms with Gasteiger partial charge in [0.15, 0.2) is 0 Å². The highest BCUT2D eigenvalue weighted by Crippen LogP contribution is 2.23. The van der Waals surface area contributed by atoms with E-state index < -0.39 is 16.4 Å².